The van der Waals surface area contributed by atoms with Gasteiger partial charge < -0.3 is 26.2 Å². The Morgan fingerprint density at radius 1 is 0.946 bits per heavy atom. The summed E-state index contributed by atoms with van der Waals surface area (Å²) >= 11 is 0. The molecule has 1 fully saturated rings. The Hall–Kier alpha value is -3.04. The van der Waals surface area contributed by atoms with Crippen molar-refractivity contribution in [2.45, 2.75) is 45.2 Å². The Morgan fingerprint density at radius 3 is 2.24 bits per heavy atom. The molecule has 2 aliphatic rings. The molecule has 1 atom stereocenters. The second kappa shape index (κ2) is 8.49. The van der Waals surface area contributed by atoms with Crippen molar-refractivity contribution in [3.63, 3.8) is 0 Å². The van der Waals surface area contributed by atoms with Crippen LogP contribution in [0, 0.1) is 6.92 Å². The van der Waals surface area contributed by atoms with Crippen molar-refractivity contribution < 1.29 is 20.4 Å². The summed E-state index contributed by atoms with van der Waals surface area (Å²) in [7, 11) is 0. The second-order valence-corrected chi connectivity index (χ2v) is 10.5. The molecule has 0 radical (unpaired) electrons. The number of hydrogen-bond acceptors (Lipinski definition) is 8. The fourth-order valence-electron chi connectivity index (χ4n) is 6.18. The molecule has 4 aromatic carbocycles. The van der Waals surface area contributed by atoms with Gasteiger partial charge in [0, 0.05) is 47.2 Å². The number of likely N-dealkylation sites (tertiary alicyclic amines) is 1. The molecule has 0 amide bonds. The maximum absolute atomic E-state index is 13.8. The van der Waals surface area contributed by atoms with E-state index < -0.39 is 27.8 Å². The number of rotatable bonds is 2. The van der Waals surface area contributed by atoms with E-state index in [0.717, 1.165) is 6.42 Å². The first kappa shape index (κ1) is 27.0. The van der Waals surface area contributed by atoms with Crippen LogP contribution in [0.2, 0.25) is 0 Å². The van der Waals surface area contributed by atoms with Crippen LogP contribution in [0.25, 0.3) is 38.1 Å². The van der Waals surface area contributed by atoms with Gasteiger partial charge in [0.2, 0.25) is 0 Å². The number of benzene rings is 4. The third kappa shape index (κ3) is 3.29. The predicted molar refractivity (Wildman–Crippen MR) is 149 cm³/mol. The molecule has 1 heterocycles. The number of halogens is 2. The summed E-state index contributed by atoms with van der Waals surface area (Å²) in [6.07, 6.45) is 0.760. The summed E-state index contributed by atoms with van der Waals surface area (Å²) in [5, 5.41) is 46.4. The quantitative estimate of drug-likeness (QED) is 0.190. The molecule has 0 aromatic heterocycles. The number of hydrogen-bond donors (Lipinski definition) is 5. The summed E-state index contributed by atoms with van der Waals surface area (Å²) in [4.78, 5) is 28.9. The van der Waals surface area contributed by atoms with Crippen molar-refractivity contribution in [2.75, 3.05) is 13.1 Å². The molecular formula is C27H28Cl2N2O6. The average Bonchev–Trinajstić information content (AvgIpc) is 3.18. The number of aliphatic hydroxyl groups excluding tert-OH is 1. The molecule has 6 rings (SSSR count). The second-order valence-electron chi connectivity index (χ2n) is 10.5. The largest absolute Gasteiger partial charge is 0.511 e. The molecule has 1 aliphatic carbocycles. The topological polar surface area (TPSA) is 144 Å². The monoisotopic (exact) mass is 546 g/mol. The van der Waals surface area contributed by atoms with Gasteiger partial charge in [-0.2, -0.15) is 0 Å². The summed E-state index contributed by atoms with van der Waals surface area (Å²) < 4.78 is 0. The Labute approximate surface area is 223 Å². The molecule has 0 spiro atoms. The van der Waals surface area contributed by atoms with Crippen LogP contribution in [0.3, 0.4) is 0 Å². The zero-order valence-corrected chi connectivity index (χ0v) is 22.1. The summed E-state index contributed by atoms with van der Waals surface area (Å²) in [5.74, 6) is -1.18. The van der Waals surface area contributed by atoms with Gasteiger partial charge in [-0.15, -0.1) is 24.8 Å². The van der Waals surface area contributed by atoms with Crippen LogP contribution < -0.4 is 21.8 Å². The van der Waals surface area contributed by atoms with E-state index in [1.54, 1.807) is 20.8 Å². The maximum atomic E-state index is 13.8. The van der Waals surface area contributed by atoms with E-state index in [0.29, 0.717) is 40.4 Å². The molecule has 0 bridgehead atoms. The Morgan fingerprint density at radius 2 is 1.62 bits per heavy atom. The molecule has 10 heteroatoms. The van der Waals surface area contributed by atoms with E-state index in [1.165, 1.54) is 12.1 Å². The number of phenolic OH excluding ortho intramolecular Hbond substituents is 3. The summed E-state index contributed by atoms with van der Waals surface area (Å²) in [5.41, 5.74) is 5.04. The molecule has 1 unspecified atom stereocenters. The van der Waals surface area contributed by atoms with E-state index >= 15 is 0 Å². The molecule has 0 saturated carbocycles. The summed E-state index contributed by atoms with van der Waals surface area (Å²) in [6.45, 7) is 6.47. The van der Waals surface area contributed by atoms with Gasteiger partial charge >= 0.3 is 0 Å². The highest BCUT2D eigenvalue weighted by atomic mass is 35.5. The number of nitrogens with two attached hydrogens (primary N) is 1. The van der Waals surface area contributed by atoms with E-state index in [9.17, 15) is 30.0 Å². The zero-order chi connectivity index (χ0) is 25.1. The lowest BCUT2D eigenvalue weighted by molar-refractivity contribution is 0.319. The SMILES string of the molecule is Cc1cc(=O)c2c(O)c3c(O)c(CN4CCC(N)C4)c(=O)c4c3c3c(cc(O)c1c23)C(C)(C)C=4O.Cl.Cl. The maximum Gasteiger partial charge on any atom is 0.198 e. The standard InChI is InChI=1S/C27H26N2O6.2ClH/c1-10-6-14(30)18-19-16(10)15(31)7-13-17(19)20-21(25(18)34)23(32)12(9-29-5-4-11(28)8-29)24(33)22(20)26(35)27(13,2)3;;/h6-7,11,31-32,34-35H,4-5,8-9,28H2,1-3H3;2*1H. The van der Waals surface area contributed by atoms with Crippen molar-refractivity contribution >= 4 is 62.9 Å². The van der Waals surface area contributed by atoms with Crippen molar-refractivity contribution in [1.82, 2.24) is 4.90 Å². The van der Waals surface area contributed by atoms with Crippen LogP contribution in [-0.2, 0) is 12.0 Å². The highest BCUT2D eigenvalue weighted by molar-refractivity contribution is 6.29. The minimum atomic E-state index is -1.08. The van der Waals surface area contributed by atoms with Gasteiger partial charge in [-0.1, -0.05) is 0 Å². The number of nitrogens with zero attached hydrogens (tertiary/aromatic N) is 1. The van der Waals surface area contributed by atoms with Crippen molar-refractivity contribution in [3.8, 4) is 17.2 Å². The lowest BCUT2D eigenvalue weighted by Crippen LogP contribution is -2.40. The molecule has 37 heavy (non-hydrogen) atoms. The third-order valence-corrected chi connectivity index (χ3v) is 7.98. The van der Waals surface area contributed by atoms with Crippen LogP contribution in [-0.4, -0.2) is 44.5 Å². The van der Waals surface area contributed by atoms with Gasteiger partial charge in [0.05, 0.1) is 21.6 Å². The molecule has 1 saturated heterocycles. The predicted octanol–water partition coefficient (Wildman–Crippen LogP) is 2.78. The number of aryl methyl sites for hydroxylation is 1. The van der Waals surface area contributed by atoms with Gasteiger partial charge in [0.15, 0.2) is 10.9 Å². The highest BCUT2D eigenvalue weighted by Gasteiger charge is 2.38. The van der Waals surface area contributed by atoms with Crippen LogP contribution in [0.15, 0.2) is 21.7 Å². The average molecular weight is 547 g/mol. The molecule has 4 aromatic rings. The fraction of sp³-hybridized carbons (Fsp3) is 0.333. The third-order valence-electron chi connectivity index (χ3n) is 7.98. The first-order valence-electron chi connectivity index (χ1n) is 11.7. The van der Waals surface area contributed by atoms with Gasteiger partial charge in [0.1, 0.15) is 23.0 Å². The lowest BCUT2D eigenvalue weighted by atomic mass is 9.72. The molecule has 196 valence electrons. The highest BCUT2D eigenvalue weighted by Crippen LogP contribution is 2.51. The molecule has 6 N–H and O–H groups in total. The zero-order valence-electron chi connectivity index (χ0n) is 20.5. The minimum absolute atomic E-state index is 0. The van der Waals surface area contributed by atoms with Gasteiger partial charge in [-0.3, -0.25) is 14.5 Å². The van der Waals surface area contributed by atoms with E-state index in [4.69, 9.17) is 5.73 Å². The first-order chi connectivity index (χ1) is 16.4. The van der Waals surface area contributed by atoms with Crippen LogP contribution in [0.1, 0.15) is 37.0 Å². The Kier molecular flexibility index (Phi) is 6.20. The molecular weight excluding hydrogens is 519 g/mol. The van der Waals surface area contributed by atoms with E-state index in [2.05, 4.69) is 0 Å². The van der Waals surface area contributed by atoms with Crippen molar-refractivity contribution in [1.29, 1.82) is 0 Å². The first-order valence-corrected chi connectivity index (χ1v) is 11.7. The van der Waals surface area contributed by atoms with Crippen molar-refractivity contribution in [2.24, 2.45) is 5.73 Å². The molecule has 1 aliphatic heterocycles. The Balaban J connectivity index is 0.00000160. The normalized spacial score (nSPS) is 18.6. The van der Waals surface area contributed by atoms with Crippen LogP contribution in [0.5, 0.6) is 17.2 Å². The number of phenols is 3. The van der Waals surface area contributed by atoms with Crippen molar-refractivity contribution in [3.05, 3.63) is 54.5 Å². The summed E-state index contributed by atoms with van der Waals surface area (Å²) in [6, 6.07) is 2.84. The molecule has 8 nitrogen and oxygen atoms in total. The fourth-order valence-corrected chi connectivity index (χ4v) is 6.18. The minimum Gasteiger partial charge on any atom is -0.511 e. The number of aliphatic hydroxyl groups is 1. The van der Waals surface area contributed by atoms with Crippen LogP contribution in [0.4, 0.5) is 0 Å². The van der Waals surface area contributed by atoms with E-state index in [1.807, 2.05) is 4.90 Å². The van der Waals surface area contributed by atoms with Gasteiger partial charge in [-0.25, -0.2) is 0 Å². The van der Waals surface area contributed by atoms with E-state index in [-0.39, 0.29) is 75.9 Å². The lowest BCUT2D eigenvalue weighted by Gasteiger charge is -2.32. The Bertz CT molecular complexity index is 1800. The smallest absolute Gasteiger partial charge is 0.198 e. The van der Waals surface area contributed by atoms with Gasteiger partial charge in [0.25, 0.3) is 0 Å². The number of aromatic hydroxyl groups is 3. The van der Waals surface area contributed by atoms with Gasteiger partial charge in [-0.05, 0) is 55.8 Å². The van der Waals surface area contributed by atoms with Crippen LogP contribution >= 0.6 is 24.8 Å².